The van der Waals surface area contributed by atoms with Crippen LogP contribution in [0.25, 0.3) is 11.5 Å². The summed E-state index contributed by atoms with van der Waals surface area (Å²) in [6.07, 6.45) is 4.58. The first kappa shape index (κ1) is 10.6. The predicted molar refractivity (Wildman–Crippen MR) is 71.9 cm³/mol. The molecule has 3 nitrogen and oxygen atoms in total. The number of fused-ring (bicyclic) bond motifs is 5. The van der Waals surface area contributed by atoms with Crippen LogP contribution >= 0.6 is 0 Å². The van der Waals surface area contributed by atoms with Gasteiger partial charge in [0.2, 0.25) is 0 Å². The molecule has 3 heterocycles. The van der Waals surface area contributed by atoms with Crippen LogP contribution in [0.15, 0.2) is 18.3 Å². The Bertz CT molecular complexity index is 557. The summed E-state index contributed by atoms with van der Waals surface area (Å²) in [6, 6.07) is 4.64. The fraction of sp³-hybridized carbons (Fsp3) is 0.533. The number of aryl methyl sites for hydroxylation is 1. The van der Waals surface area contributed by atoms with Crippen molar-refractivity contribution in [2.45, 2.75) is 32.2 Å². The van der Waals surface area contributed by atoms with Gasteiger partial charge in [0.15, 0.2) is 5.82 Å². The minimum absolute atomic E-state index is 0.711. The lowest BCUT2D eigenvalue weighted by atomic mass is 9.75. The minimum atomic E-state index is 0.711. The zero-order chi connectivity index (χ0) is 12.1. The molecule has 3 heteroatoms. The third-order valence-electron chi connectivity index (χ3n) is 4.57. The quantitative estimate of drug-likeness (QED) is 0.830. The van der Waals surface area contributed by atoms with Gasteiger partial charge in [-0.1, -0.05) is 0 Å². The number of hydrogen-bond donors (Lipinski definition) is 1. The molecule has 4 rings (SSSR count). The molecular weight excluding hydrogens is 222 g/mol. The third-order valence-corrected chi connectivity index (χ3v) is 4.57. The Morgan fingerprint density at radius 1 is 1.44 bits per heavy atom. The second-order valence-corrected chi connectivity index (χ2v) is 5.68. The van der Waals surface area contributed by atoms with Gasteiger partial charge in [0, 0.05) is 19.3 Å². The van der Waals surface area contributed by atoms with Gasteiger partial charge >= 0.3 is 0 Å². The van der Waals surface area contributed by atoms with E-state index in [1.807, 2.05) is 6.20 Å². The largest absolute Gasteiger partial charge is 0.322 e. The average Bonchev–Trinajstić information content (AvgIpc) is 3.02. The molecule has 2 atom stereocenters. The van der Waals surface area contributed by atoms with Crippen molar-refractivity contribution < 1.29 is 0 Å². The molecule has 94 valence electrons. The van der Waals surface area contributed by atoms with Gasteiger partial charge in [-0.05, 0) is 61.4 Å². The lowest BCUT2D eigenvalue weighted by Gasteiger charge is -2.36. The number of nitrogens with zero attached hydrogens (tertiary/aromatic N) is 2. The summed E-state index contributed by atoms with van der Waals surface area (Å²) in [5.74, 6) is 2.71. The predicted octanol–water partition coefficient (Wildman–Crippen LogP) is 2.26. The van der Waals surface area contributed by atoms with Crippen molar-refractivity contribution in [2.24, 2.45) is 5.92 Å². The molecule has 3 aliphatic heterocycles. The van der Waals surface area contributed by atoms with Crippen molar-refractivity contribution in [1.29, 1.82) is 0 Å². The molecule has 18 heavy (non-hydrogen) atoms. The van der Waals surface area contributed by atoms with Crippen LogP contribution in [-0.4, -0.2) is 22.6 Å². The van der Waals surface area contributed by atoms with E-state index in [0.29, 0.717) is 5.92 Å². The molecule has 2 unspecified atom stereocenters. The van der Waals surface area contributed by atoms with Crippen LogP contribution in [0.1, 0.15) is 30.4 Å². The smallest absolute Gasteiger partial charge is 0.157 e. The van der Waals surface area contributed by atoms with Gasteiger partial charge in [0.1, 0.15) is 0 Å². The number of hydrogen-bond acceptors (Lipinski definition) is 2. The maximum atomic E-state index is 4.54. The van der Waals surface area contributed by atoms with Gasteiger partial charge in [-0.25, -0.2) is 4.98 Å². The molecule has 1 N–H and O–H groups in total. The maximum Gasteiger partial charge on any atom is 0.157 e. The second kappa shape index (κ2) is 3.82. The van der Waals surface area contributed by atoms with Crippen molar-refractivity contribution in [3.05, 3.63) is 29.5 Å². The van der Waals surface area contributed by atoms with Crippen LogP contribution in [-0.2, 0) is 13.0 Å². The van der Waals surface area contributed by atoms with Crippen LogP contribution in [0.2, 0.25) is 0 Å². The average molecular weight is 241 g/mol. The van der Waals surface area contributed by atoms with E-state index in [-0.39, 0.29) is 0 Å². The van der Waals surface area contributed by atoms with E-state index >= 15 is 0 Å². The van der Waals surface area contributed by atoms with Crippen molar-refractivity contribution in [2.75, 3.05) is 13.1 Å². The van der Waals surface area contributed by atoms with E-state index in [4.69, 9.17) is 0 Å². The molecule has 0 amide bonds. The van der Waals surface area contributed by atoms with Crippen LogP contribution in [0.5, 0.6) is 0 Å². The number of aromatic nitrogens is 2. The molecule has 4 aliphatic rings. The highest BCUT2D eigenvalue weighted by Crippen LogP contribution is 2.39. The van der Waals surface area contributed by atoms with Gasteiger partial charge < -0.3 is 9.88 Å². The first-order chi connectivity index (χ1) is 8.86. The van der Waals surface area contributed by atoms with Crippen molar-refractivity contribution in [1.82, 2.24) is 14.9 Å². The summed E-state index contributed by atoms with van der Waals surface area (Å²) in [5.41, 5.74) is 4.43. The SMILES string of the molecule is CCn1c2cc3c(ccnc1-2)CC1CNCC3C1. The standard InChI is InChI=1S/C15H19N3/c1-2-18-14-7-13-11(3-4-17-15(14)18)5-10-6-12(13)9-16-8-10/h3-4,7,10,12,16H,2,5-6,8-9H2,1H3. The Morgan fingerprint density at radius 3 is 3.28 bits per heavy atom. The van der Waals surface area contributed by atoms with Crippen LogP contribution in [0.3, 0.4) is 0 Å². The molecule has 0 aromatic rings. The number of piperidine rings is 1. The van der Waals surface area contributed by atoms with Crippen LogP contribution < -0.4 is 5.32 Å². The summed E-state index contributed by atoms with van der Waals surface area (Å²) in [4.78, 5) is 4.54. The Labute approximate surface area is 108 Å². The molecule has 0 spiro atoms. The highest BCUT2D eigenvalue weighted by atomic mass is 15.2. The minimum Gasteiger partial charge on any atom is -0.322 e. The van der Waals surface area contributed by atoms with E-state index < -0.39 is 0 Å². The molecule has 0 aromatic heterocycles. The van der Waals surface area contributed by atoms with Crippen LogP contribution in [0.4, 0.5) is 0 Å². The zero-order valence-corrected chi connectivity index (χ0v) is 10.8. The molecule has 2 bridgehead atoms. The first-order valence-corrected chi connectivity index (χ1v) is 7.04. The highest BCUT2D eigenvalue weighted by Gasteiger charge is 2.31. The fourth-order valence-corrected chi connectivity index (χ4v) is 3.64. The lowest BCUT2D eigenvalue weighted by molar-refractivity contribution is 0.318. The Kier molecular flexibility index (Phi) is 2.24. The van der Waals surface area contributed by atoms with E-state index in [1.165, 1.54) is 36.5 Å². The van der Waals surface area contributed by atoms with Gasteiger partial charge in [0.05, 0.1) is 5.69 Å². The molecule has 1 saturated heterocycles. The summed E-state index contributed by atoms with van der Waals surface area (Å²) >= 11 is 0. The van der Waals surface area contributed by atoms with Crippen molar-refractivity contribution in [3.8, 4) is 11.5 Å². The topological polar surface area (TPSA) is 29.9 Å². The summed E-state index contributed by atoms with van der Waals surface area (Å²) < 4.78 is 2.29. The van der Waals surface area contributed by atoms with Crippen LogP contribution in [0, 0.1) is 5.92 Å². The third kappa shape index (κ3) is 1.50. The Hall–Kier alpha value is -1.35. The second-order valence-electron chi connectivity index (χ2n) is 5.68. The molecule has 1 aliphatic carbocycles. The highest BCUT2D eigenvalue weighted by molar-refractivity contribution is 5.65. The van der Waals surface area contributed by atoms with Gasteiger partial charge in [0.25, 0.3) is 0 Å². The Balaban J connectivity index is 1.87. The molecular formula is C15H19N3. The normalized spacial score (nSPS) is 26.3. The first-order valence-electron chi connectivity index (χ1n) is 7.04. The molecule has 1 fully saturated rings. The van der Waals surface area contributed by atoms with E-state index in [0.717, 1.165) is 19.0 Å². The monoisotopic (exact) mass is 241 g/mol. The zero-order valence-electron chi connectivity index (χ0n) is 10.8. The Morgan fingerprint density at radius 2 is 2.39 bits per heavy atom. The summed E-state index contributed by atoms with van der Waals surface area (Å²) in [7, 11) is 0. The van der Waals surface area contributed by atoms with Crippen molar-refractivity contribution >= 4 is 0 Å². The van der Waals surface area contributed by atoms with E-state index in [1.54, 1.807) is 5.56 Å². The molecule has 0 saturated carbocycles. The summed E-state index contributed by atoms with van der Waals surface area (Å²) in [6.45, 7) is 5.55. The van der Waals surface area contributed by atoms with E-state index in [2.05, 4.69) is 33.9 Å². The maximum absolute atomic E-state index is 4.54. The van der Waals surface area contributed by atoms with E-state index in [9.17, 15) is 0 Å². The molecule has 0 radical (unpaired) electrons. The lowest BCUT2D eigenvalue weighted by Crippen LogP contribution is -2.39. The van der Waals surface area contributed by atoms with Crippen molar-refractivity contribution in [3.63, 3.8) is 0 Å². The number of nitrogens with one attached hydrogen (secondary N) is 1. The fourth-order valence-electron chi connectivity index (χ4n) is 3.64. The van der Waals surface area contributed by atoms with Gasteiger partial charge in [-0.15, -0.1) is 0 Å². The van der Waals surface area contributed by atoms with Gasteiger partial charge in [-0.3, -0.25) is 0 Å². The number of rotatable bonds is 1. The summed E-state index contributed by atoms with van der Waals surface area (Å²) in [5, 5.41) is 3.58. The molecule has 0 aromatic carbocycles. The van der Waals surface area contributed by atoms with Gasteiger partial charge in [-0.2, -0.15) is 0 Å².